The van der Waals surface area contributed by atoms with Crippen molar-refractivity contribution in [2.45, 2.75) is 12.8 Å². The molecule has 0 N–H and O–H groups in total. The molecule has 1 aliphatic heterocycles. The fraction of sp³-hybridized carbons (Fsp3) is 0.316. The van der Waals surface area contributed by atoms with Gasteiger partial charge in [0.05, 0.1) is 17.2 Å². The van der Waals surface area contributed by atoms with E-state index in [9.17, 15) is 4.79 Å². The summed E-state index contributed by atoms with van der Waals surface area (Å²) in [4.78, 5) is 25.8. The normalized spacial score (nSPS) is 14.3. The topological polar surface area (TPSA) is 48.8 Å². The molecule has 1 aromatic carbocycles. The van der Waals surface area contributed by atoms with E-state index in [0.29, 0.717) is 23.1 Å². The Labute approximate surface area is 153 Å². The molecule has 2 heterocycles. The van der Waals surface area contributed by atoms with Crippen LogP contribution in [0.2, 0.25) is 5.02 Å². The maximum absolute atomic E-state index is 12.9. The number of amides is 1. The summed E-state index contributed by atoms with van der Waals surface area (Å²) in [5.41, 5.74) is 2.32. The van der Waals surface area contributed by atoms with Crippen molar-refractivity contribution in [3.05, 3.63) is 53.2 Å². The first kappa shape index (κ1) is 17.6. The summed E-state index contributed by atoms with van der Waals surface area (Å²) in [6, 6.07) is 11.5. The Morgan fingerprint density at radius 1 is 1.24 bits per heavy atom. The van der Waals surface area contributed by atoms with E-state index < -0.39 is 0 Å². The second-order valence-electron chi connectivity index (χ2n) is 6.30. The molecule has 0 saturated heterocycles. The number of carbonyl (C=O) groups is 1. The SMILES string of the molecule is CN(C)CCCN1C(=O)CC(c2ccccc2)=Nc2cc(Cl)cnc21. The molecule has 0 spiro atoms. The summed E-state index contributed by atoms with van der Waals surface area (Å²) in [6.45, 7) is 1.51. The number of hydrogen-bond donors (Lipinski definition) is 0. The highest BCUT2D eigenvalue weighted by Gasteiger charge is 2.26. The van der Waals surface area contributed by atoms with Crippen molar-refractivity contribution in [3.63, 3.8) is 0 Å². The molecule has 1 aromatic heterocycles. The zero-order valence-electron chi connectivity index (χ0n) is 14.4. The smallest absolute Gasteiger partial charge is 0.234 e. The molecule has 25 heavy (non-hydrogen) atoms. The highest BCUT2D eigenvalue weighted by Crippen LogP contribution is 2.33. The lowest BCUT2D eigenvalue weighted by Crippen LogP contribution is -2.34. The Morgan fingerprint density at radius 2 is 2.00 bits per heavy atom. The Hall–Kier alpha value is -2.24. The van der Waals surface area contributed by atoms with Crippen LogP contribution in [0.25, 0.3) is 0 Å². The molecule has 3 rings (SSSR count). The van der Waals surface area contributed by atoms with Gasteiger partial charge in [0.1, 0.15) is 5.69 Å². The van der Waals surface area contributed by atoms with Gasteiger partial charge in [0.25, 0.3) is 0 Å². The van der Waals surface area contributed by atoms with E-state index in [1.807, 2.05) is 44.4 Å². The highest BCUT2D eigenvalue weighted by molar-refractivity contribution is 6.31. The Kier molecular flexibility index (Phi) is 5.46. The third kappa shape index (κ3) is 4.24. The van der Waals surface area contributed by atoms with Crippen molar-refractivity contribution in [1.29, 1.82) is 0 Å². The number of nitrogens with zero attached hydrogens (tertiary/aromatic N) is 4. The Balaban J connectivity index is 1.96. The van der Waals surface area contributed by atoms with E-state index in [2.05, 4.69) is 9.88 Å². The minimum absolute atomic E-state index is 0.00920. The van der Waals surface area contributed by atoms with E-state index in [-0.39, 0.29) is 12.3 Å². The summed E-state index contributed by atoms with van der Waals surface area (Å²) in [5, 5.41) is 0.512. The van der Waals surface area contributed by atoms with Gasteiger partial charge in [-0.1, -0.05) is 41.9 Å². The number of benzene rings is 1. The number of anilines is 1. The van der Waals surface area contributed by atoms with Crippen LogP contribution < -0.4 is 4.90 Å². The lowest BCUT2D eigenvalue weighted by Gasteiger charge is -2.22. The van der Waals surface area contributed by atoms with Crippen molar-refractivity contribution in [2.24, 2.45) is 4.99 Å². The van der Waals surface area contributed by atoms with Gasteiger partial charge in [-0.2, -0.15) is 0 Å². The number of aromatic nitrogens is 1. The fourth-order valence-electron chi connectivity index (χ4n) is 2.83. The number of halogens is 1. The summed E-state index contributed by atoms with van der Waals surface area (Å²) < 4.78 is 0. The second-order valence-corrected chi connectivity index (χ2v) is 6.74. The first-order valence-electron chi connectivity index (χ1n) is 8.28. The third-order valence-corrected chi connectivity index (χ3v) is 4.25. The van der Waals surface area contributed by atoms with Crippen molar-refractivity contribution < 1.29 is 4.79 Å². The number of carbonyl (C=O) groups excluding carboxylic acids is 1. The largest absolute Gasteiger partial charge is 0.309 e. The molecule has 2 aromatic rings. The molecule has 0 radical (unpaired) electrons. The standard InChI is InChI=1S/C19H21ClN4O/c1-23(2)9-6-10-24-18(25)12-16(14-7-4-3-5-8-14)22-17-11-15(20)13-21-19(17)24/h3-5,7-8,11,13H,6,9-10,12H2,1-2H3. The van der Waals surface area contributed by atoms with Gasteiger partial charge in [0.15, 0.2) is 5.82 Å². The molecular weight excluding hydrogens is 336 g/mol. The van der Waals surface area contributed by atoms with Crippen molar-refractivity contribution in [1.82, 2.24) is 9.88 Å². The summed E-state index contributed by atoms with van der Waals surface area (Å²) in [6.07, 6.45) is 2.68. The zero-order valence-corrected chi connectivity index (χ0v) is 15.2. The quantitative estimate of drug-likeness (QED) is 0.823. The molecular formula is C19H21ClN4O. The predicted molar refractivity (Wildman–Crippen MR) is 102 cm³/mol. The van der Waals surface area contributed by atoms with Gasteiger partial charge >= 0.3 is 0 Å². The van der Waals surface area contributed by atoms with Gasteiger partial charge in [-0.15, -0.1) is 0 Å². The molecule has 6 heteroatoms. The lowest BCUT2D eigenvalue weighted by atomic mass is 10.1. The lowest BCUT2D eigenvalue weighted by molar-refractivity contribution is -0.117. The summed E-state index contributed by atoms with van der Waals surface area (Å²) in [7, 11) is 4.04. The van der Waals surface area contributed by atoms with Crippen LogP contribution in [0.5, 0.6) is 0 Å². The molecule has 0 atom stereocenters. The average molecular weight is 357 g/mol. The minimum Gasteiger partial charge on any atom is -0.309 e. The number of aliphatic imine (C=N–C) groups is 1. The number of rotatable bonds is 5. The van der Waals surface area contributed by atoms with Crippen LogP contribution >= 0.6 is 11.6 Å². The van der Waals surface area contributed by atoms with E-state index in [4.69, 9.17) is 16.6 Å². The molecule has 1 amide bonds. The zero-order chi connectivity index (χ0) is 17.8. The number of fused-ring (bicyclic) bond motifs is 1. The van der Waals surface area contributed by atoms with Gasteiger partial charge < -0.3 is 4.90 Å². The molecule has 0 unspecified atom stereocenters. The first-order valence-corrected chi connectivity index (χ1v) is 8.66. The maximum atomic E-state index is 12.9. The predicted octanol–water partition coefficient (Wildman–Crippen LogP) is 3.54. The van der Waals surface area contributed by atoms with Crippen molar-refractivity contribution >= 4 is 34.7 Å². The summed E-state index contributed by atoms with van der Waals surface area (Å²) >= 11 is 6.11. The van der Waals surface area contributed by atoms with Crippen LogP contribution in [-0.4, -0.2) is 48.7 Å². The van der Waals surface area contributed by atoms with Crippen LogP contribution in [0.1, 0.15) is 18.4 Å². The minimum atomic E-state index is 0.00920. The molecule has 0 fully saturated rings. The monoisotopic (exact) mass is 356 g/mol. The molecule has 0 aliphatic carbocycles. The van der Waals surface area contributed by atoms with Crippen LogP contribution in [0.4, 0.5) is 11.5 Å². The van der Waals surface area contributed by atoms with Gasteiger partial charge in [0, 0.05) is 12.7 Å². The van der Waals surface area contributed by atoms with Crippen LogP contribution in [0.3, 0.4) is 0 Å². The van der Waals surface area contributed by atoms with Crippen molar-refractivity contribution in [3.8, 4) is 0 Å². The molecule has 5 nitrogen and oxygen atoms in total. The Bertz CT molecular complexity index is 789. The average Bonchev–Trinajstić information content (AvgIpc) is 2.72. The van der Waals surface area contributed by atoms with Gasteiger partial charge in [-0.3, -0.25) is 9.69 Å². The van der Waals surface area contributed by atoms with E-state index in [1.165, 1.54) is 0 Å². The number of hydrogen-bond acceptors (Lipinski definition) is 4. The number of pyridine rings is 1. The third-order valence-electron chi connectivity index (χ3n) is 4.04. The van der Waals surface area contributed by atoms with E-state index in [1.54, 1.807) is 17.2 Å². The van der Waals surface area contributed by atoms with Crippen LogP contribution in [0, 0.1) is 0 Å². The molecule has 1 aliphatic rings. The van der Waals surface area contributed by atoms with E-state index in [0.717, 1.165) is 24.2 Å². The summed E-state index contributed by atoms with van der Waals surface area (Å²) in [5.74, 6) is 0.592. The van der Waals surface area contributed by atoms with Gasteiger partial charge in [0.2, 0.25) is 5.91 Å². The highest BCUT2D eigenvalue weighted by atomic mass is 35.5. The fourth-order valence-corrected chi connectivity index (χ4v) is 2.98. The van der Waals surface area contributed by atoms with Crippen LogP contribution in [0.15, 0.2) is 47.6 Å². The van der Waals surface area contributed by atoms with Crippen LogP contribution in [-0.2, 0) is 4.79 Å². The first-order chi connectivity index (χ1) is 12.0. The van der Waals surface area contributed by atoms with Crippen molar-refractivity contribution in [2.75, 3.05) is 32.1 Å². The molecule has 130 valence electrons. The van der Waals surface area contributed by atoms with E-state index >= 15 is 0 Å². The maximum Gasteiger partial charge on any atom is 0.234 e. The second kappa shape index (κ2) is 7.76. The van der Waals surface area contributed by atoms with Gasteiger partial charge in [-0.25, -0.2) is 9.98 Å². The Morgan fingerprint density at radius 3 is 2.72 bits per heavy atom. The molecule has 0 saturated carbocycles. The molecule has 0 bridgehead atoms. The van der Waals surface area contributed by atoms with Gasteiger partial charge in [-0.05, 0) is 38.7 Å².